The van der Waals surface area contributed by atoms with Gasteiger partial charge in [0.05, 0.1) is 25.3 Å². The van der Waals surface area contributed by atoms with E-state index >= 15 is 0 Å². The minimum absolute atomic E-state index is 0.00912. The largest absolute Gasteiger partial charge is 0.492 e. The molecule has 2 amide bonds. The van der Waals surface area contributed by atoms with Crippen molar-refractivity contribution in [2.45, 2.75) is 6.61 Å². The van der Waals surface area contributed by atoms with Crippen molar-refractivity contribution in [2.24, 2.45) is 0 Å². The summed E-state index contributed by atoms with van der Waals surface area (Å²) in [7, 11) is 0. The topological polar surface area (TPSA) is 99.0 Å². The van der Waals surface area contributed by atoms with E-state index in [4.69, 9.17) is 9.47 Å². The van der Waals surface area contributed by atoms with E-state index in [9.17, 15) is 19.7 Å². The molecule has 184 valence electrons. The normalized spacial score (nSPS) is 14.4. The number of halogens is 2. The Hall–Kier alpha value is -3.15. The van der Waals surface area contributed by atoms with Crippen LogP contribution < -0.4 is 9.47 Å². The Morgan fingerprint density at radius 1 is 0.972 bits per heavy atom. The Kier molecular flexibility index (Phi) is 8.44. The van der Waals surface area contributed by atoms with Crippen LogP contribution in [0.4, 0.5) is 10.5 Å². The van der Waals surface area contributed by atoms with Gasteiger partial charge < -0.3 is 9.47 Å². The Balaban J connectivity index is 1.41. The van der Waals surface area contributed by atoms with Crippen molar-refractivity contribution < 1.29 is 24.0 Å². The summed E-state index contributed by atoms with van der Waals surface area (Å²) >= 11 is 7.83. The minimum Gasteiger partial charge on any atom is -0.492 e. The first-order valence-electron chi connectivity index (χ1n) is 10.6. The third kappa shape index (κ3) is 6.34. The van der Waals surface area contributed by atoms with Gasteiger partial charge in [0, 0.05) is 12.1 Å². The lowest BCUT2D eigenvalue weighted by Gasteiger charge is -2.13. The van der Waals surface area contributed by atoms with Gasteiger partial charge in [-0.3, -0.25) is 24.6 Å². The number of nitro groups is 1. The zero-order valence-electron chi connectivity index (χ0n) is 18.6. The number of thioether (sulfide) groups is 1. The van der Waals surface area contributed by atoms with E-state index in [0.29, 0.717) is 36.5 Å². The van der Waals surface area contributed by atoms with Gasteiger partial charge in [0.15, 0.2) is 0 Å². The molecule has 4 rings (SSSR count). The number of amides is 2. The maximum Gasteiger partial charge on any atom is 0.293 e. The second-order valence-corrected chi connectivity index (χ2v) is 10.2. The first-order chi connectivity index (χ1) is 17.3. The van der Waals surface area contributed by atoms with Gasteiger partial charge in [0.1, 0.15) is 24.7 Å². The Morgan fingerprint density at radius 3 is 2.39 bits per heavy atom. The molecule has 3 aromatic rings. The molecule has 1 heterocycles. The molecule has 11 heteroatoms. The lowest BCUT2D eigenvalue weighted by atomic mass is 10.2. The van der Waals surface area contributed by atoms with E-state index in [0.717, 1.165) is 11.8 Å². The van der Waals surface area contributed by atoms with E-state index in [1.165, 1.54) is 17.0 Å². The summed E-state index contributed by atoms with van der Waals surface area (Å²) in [4.78, 5) is 37.2. The molecule has 1 aliphatic heterocycles. The van der Waals surface area contributed by atoms with Crippen molar-refractivity contribution in [1.29, 1.82) is 0 Å². The van der Waals surface area contributed by atoms with Gasteiger partial charge >= 0.3 is 0 Å². The number of nitrogens with zero attached hydrogens (tertiary/aromatic N) is 2. The molecule has 36 heavy (non-hydrogen) atoms. The maximum absolute atomic E-state index is 12.8. The molecule has 0 radical (unpaired) electrons. The average molecular weight is 634 g/mol. The molecule has 8 nitrogen and oxygen atoms in total. The maximum atomic E-state index is 12.8. The van der Waals surface area contributed by atoms with Crippen molar-refractivity contribution in [3.63, 3.8) is 0 Å². The third-order valence-corrected chi connectivity index (χ3v) is 7.11. The monoisotopic (exact) mass is 632 g/mol. The van der Waals surface area contributed by atoms with Crippen LogP contribution in [0.15, 0.2) is 80.6 Å². The first-order valence-corrected chi connectivity index (χ1v) is 13.0. The quantitative estimate of drug-likeness (QED) is 0.145. The predicted molar refractivity (Wildman–Crippen MR) is 144 cm³/mol. The molecule has 0 N–H and O–H groups in total. The standard InChI is InChI=1S/C25H18Br2N2O6S/c26-20-12-17(13-21(27)23(20)35-15-16-5-4-6-18(11-16)29(32)33)14-22-24(30)28(25(31)36-22)9-10-34-19-7-2-1-3-8-19/h1-8,11-14H,9-10,15H2/b22-14-. The smallest absolute Gasteiger partial charge is 0.293 e. The van der Waals surface area contributed by atoms with Gasteiger partial charge in [-0.25, -0.2) is 0 Å². The fraction of sp³-hybridized carbons (Fsp3) is 0.120. The number of hydrogen-bond acceptors (Lipinski definition) is 7. The molecule has 1 fully saturated rings. The van der Waals surface area contributed by atoms with Crippen LogP contribution in [0.5, 0.6) is 11.5 Å². The molecule has 0 spiro atoms. The summed E-state index contributed by atoms with van der Waals surface area (Å²) in [5.41, 5.74) is 1.32. The number of hydrogen-bond donors (Lipinski definition) is 0. The van der Waals surface area contributed by atoms with E-state index in [1.807, 2.05) is 18.2 Å². The number of benzene rings is 3. The van der Waals surface area contributed by atoms with Crippen LogP contribution in [-0.4, -0.2) is 34.1 Å². The Bertz CT molecular complexity index is 1330. The Morgan fingerprint density at radius 2 is 1.69 bits per heavy atom. The molecule has 0 saturated carbocycles. The van der Waals surface area contributed by atoms with Gasteiger partial charge in [-0.15, -0.1) is 0 Å². The van der Waals surface area contributed by atoms with Gasteiger partial charge in [0.2, 0.25) is 0 Å². The van der Waals surface area contributed by atoms with Gasteiger partial charge in [-0.05, 0) is 85.1 Å². The number of non-ortho nitro benzene ring substituents is 1. The van der Waals surface area contributed by atoms with Crippen molar-refractivity contribution in [2.75, 3.05) is 13.2 Å². The minimum atomic E-state index is -0.456. The van der Waals surface area contributed by atoms with Crippen LogP contribution in [0.3, 0.4) is 0 Å². The van der Waals surface area contributed by atoms with E-state index in [1.54, 1.807) is 42.5 Å². The summed E-state index contributed by atoms with van der Waals surface area (Å²) in [6.07, 6.45) is 1.64. The number of carbonyl (C=O) groups is 2. The van der Waals surface area contributed by atoms with Crippen LogP contribution in [0, 0.1) is 10.1 Å². The molecular weight excluding hydrogens is 616 g/mol. The molecular formula is C25H18Br2N2O6S. The molecule has 0 atom stereocenters. The molecule has 0 bridgehead atoms. The summed E-state index contributed by atoms with van der Waals surface area (Å²) < 4.78 is 12.7. The van der Waals surface area contributed by atoms with Crippen molar-refractivity contribution in [1.82, 2.24) is 4.90 Å². The highest BCUT2D eigenvalue weighted by molar-refractivity contribution is 9.11. The lowest BCUT2D eigenvalue weighted by molar-refractivity contribution is -0.384. The SMILES string of the molecule is O=C1S/C(=C\c2cc(Br)c(OCc3cccc([N+](=O)[O-])c3)c(Br)c2)C(=O)N1CCOc1ccccc1. The molecule has 1 aliphatic rings. The fourth-order valence-corrected chi connectivity index (χ4v) is 5.65. The lowest BCUT2D eigenvalue weighted by Crippen LogP contribution is -2.32. The van der Waals surface area contributed by atoms with Crippen LogP contribution in [-0.2, 0) is 11.4 Å². The zero-order chi connectivity index (χ0) is 25.7. The highest BCUT2D eigenvalue weighted by atomic mass is 79.9. The average Bonchev–Trinajstić information content (AvgIpc) is 3.11. The molecule has 1 saturated heterocycles. The Labute approximate surface area is 227 Å². The number of para-hydroxylation sites is 1. The number of carbonyl (C=O) groups excluding carboxylic acids is 2. The van der Waals surface area contributed by atoms with E-state index in [2.05, 4.69) is 31.9 Å². The fourth-order valence-electron chi connectivity index (χ4n) is 3.33. The first kappa shape index (κ1) is 25.9. The van der Waals surface area contributed by atoms with Gasteiger partial charge in [-0.1, -0.05) is 30.3 Å². The van der Waals surface area contributed by atoms with Crippen LogP contribution >= 0.6 is 43.6 Å². The second kappa shape index (κ2) is 11.7. The van der Waals surface area contributed by atoms with Crippen molar-refractivity contribution in [3.8, 4) is 11.5 Å². The van der Waals surface area contributed by atoms with Crippen LogP contribution in [0.25, 0.3) is 6.08 Å². The number of ether oxygens (including phenoxy) is 2. The molecule has 0 aromatic heterocycles. The summed E-state index contributed by atoms with van der Waals surface area (Å²) in [5, 5.41) is 10.6. The number of imide groups is 1. The summed E-state index contributed by atoms with van der Waals surface area (Å²) in [5.74, 6) is 0.798. The summed E-state index contributed by atoms with van der Waals surface area (Å²) in [6, 6.07) is 18.9. The highest BCUT2D eigenvalue weighted by Gasteiger charge is 2.34. The van der Waals surface area contributed by atoms with Crippen LogP contribution in [0.2, 0.25) is 0 Å². The number of nitro benzene ring substituents is 1. The van der Waals surface area contributed by atoms with Crippen molar-refractivity contribution in [3.05, 3.63) is 102 Å². The van der Waals surface area contributed by atoms with Gasteiger partial charge in [0.25, 0.3) is 16.8 Å². The molecule has 0 unspecified atom stereocenters. The van der Waals surface area contributed by atoms with E-state index < -0.39 is 4.92 Å². The van der Waals surface area contributed by atoms with E-state index in [-0.39, 0.29) is 36.6 Å². The third-order valence-electron chi connectivity index (χ3n) is 5.02. The van der Waals surface area contributed by atoms with Crippen LogP contribution in [0.1, 0.15) is 11.1 Å². The zero-order valence-corrected chi connectivity index (χ0v) is 22.5. The van der Waals surface area contributed by atoms with Gasteiger partial charge in [-0.2, -0.15) is 0 Å². The summed E-state index contributed by atoms with van der Waals surface area (Å²) in [6.45, 7) is 0.472. The molecule has 0 aliphatic carbocycles. The van der Waals surface area contributed by atoms with Crippen molar-refractivity contribution >= 4 is 66.5 Å². The molecule has 3 aromatic carbocycles. The highest BCUT2D eigenvalue weighted by Crippen LogP contribution is 2.38. The number of rotatable bonds is 9. The second-order valence-electron chi connectivity index (χ2n) is 7.52. The predicted octanol–water partition coefficient (Wildman–Crippen LogP) is 6.81.